The average Bonchev–Trinajstić information content (AvgIpc) is 3.28. The third-order valence-electron chi connectivity index (χ3n) is 3.88. The molecule has 0 aliphatic carbocycles. The zero-order chi connectivity index (χ0) is 19.0. The molecule has 1 aromatic carbocycles. The summed E-state index contributed by atoms with van der Waals surface area (Å²) in [6.45, 7) is -1.55. The molecule has 4 rings (SSSR count). The minimum absolute atomic E-state index is 0.208. The highest BCUT2D eigenvalue weighted by molar-refractivity contribution is 5.88. The summed E-state index contributed by atoms with van der Waals surface area (Å²) in [5.41, 5.74) is 2.43. The Morgan fingerprint density at radius 2 is 1.96 bits per heavy atom. The first kappa shape index (κ1) is 17.3. The number of nitrogens with zero attached hydrogens (tertiary/aromatic N) is 5. The van der Waals surface area contributed by atoms with Crippen molar-refractivity contribution in [1.29, 1.82) is 0 Å². The molecule has 0 aliphatic rings. The minimum Gasteiger partial charge on any atom is -0.370 e. The molecule has 140 valence electrons. The van der Waals surface area contributed by atoms with Crippen LogP contribution >= 0.6 is 0 Å². The second kappa shape index (κ2) is 6.58. The van der Waals surface area contributed by atoms with E-state index in [1.54, 1.807) is 30.5 Å². The van der Waals surface area contributed by atoms with E-state index in [4.69, 9.17) is 4.74 Å². The van der Waals surface area contributed by atoms with Crippen LogP contribution in [0.5, 0.6) is 0 Å². The topological polar surface area (TPSA) is 81.0 Å². The summed E-state index contributed by atoms with van der Waals surface area (Å²) >= 11 is 0. The molecule has 0 bridgehead atoms. The molecule has 0 saturated heterocycles. The van der Waals surface area contributed by atoms with Gasteiger partial charge in [-0.15, -0.1) is 5.10 Å². The summed E-state index contributed by atoms with van der Waals surface area (Å²) in [4.78, 5) is 8.63. The normalized spacial score (nSPS) is 12.5. The molecular weight excluding hydrogens is 368 g/mol. The van der Waals surface area contributed by atoms with Crippen molar-refractivity contribution in [2.24, 2.45) is 0 Å². The van der Waals surface area contributed by atoms with Gasteiger partial charge in [0.25, 0.3) is 0 Å². The van der Waals surface area contributed by atoms with Gasteiger partial charge < -0.3 is 4.74 Å². The van der Waals surface area contributed by atoms with Gasteiger partial charge in [-0.2, -0.15) is 13.9 Å². The predicted molar refractivity (Wildman–Crippen MR) is 86.5 cm³/mol. The van der Waals surface area contributed by atoms with Crippen LogP contribution in [0.25, 0.3) is 28.1 Å². The quantitative estimate of drug-likeness (QED) is 0.520. The molecule has 0 unspecified atom stereocenters. The molecule has 0 radical (unpaired) electrons. The Bertz CT molecular complexity index is 1080. The molecule has 11 heteroatoms. The monoisotopic (exact) mass is 380 g/mol. The van der Waals surface area contributed by atoms with Crippen LogP contribution in [0, 0.1) is 0 Å². The van der Waals surface area contributed by atoms with E-state index in [0.717, 1.165) is 5.39 Å². The smallest absolute Gasteiger partial charge is 0.330 e. The summed E-state index contributed by atoms with van der Waals surface area (Å²) in [5, 5.41) is 11.7. The van der Waals surface area contributed by atoms with Gasteiger partial charge in [0.1, 0.15) is 12.9 Å². The molecular formula is C16H12F4N6O. The Labute approximate surface area is 149 Å². The standard InChI is InChI=1S/C16H12F4N6O/c17-15(18)16(19,20)7-27-6-9-1-3-10(4-2-9)12-23-14-11-5-22-24-13(11)21-8-26(14)25-12/h1-5,8,15H,6-7H2,(H,22,24). The van der Waals surface area contributed by atoms with Crippen LogP contribution in [0.1, 0.15) is 5.56 Å². The molecule has 3 heterocycles. The lowest BCUT2D eigenvalue weighted by Gasteiger charge is -2.15. The average molecular weight is 380 g/mol. The molecule has 4 aromatic rings. The van der Waals surface area contributed by atoms with Gasteiger partial charge in [-0.05, 0) is 5.56 Å². The van der Waals surface area contributed by atoms with Crippen molar-refractivity contribution in [3.63, 3.8) is 0 Å². The van der Waals surface area contributed by atoms with Crippen LogP contribution in [-0.4, -0.2) is 48.7 Å². The third-order valence-corrected chi connectivity index (χ3v) is 3.88. The lowest BCUT2D eigenvalue weighted by Crippen LogP contribution is -2.32. The second-order valence-electron chi connectivity index (χ2n) is 5.83. The van der Waals surface area contributed by atoms with Crippen molar-refractivity contribution >= 4 is 16.7 Å². The van der Waals surface area contributed by atoms with Crippen LogP contribution in [0.2, 0.25) is 0 Å². The van der Waals surface area contributed by atoms with Crippen LogP contribution in [0.3, 0.4) is 0 Å². The van der Waals surface area contributed by atoms with Gasteiger partial charge >= 0.3 is 12.3 Å². The van der Waals surface area contributed by atoms with Crippen LogP contribution in [-0.2, 0) is 11.3 Å². The lowest BCUT2D eigenvalue weighted by molar-refractivity contribution is -0.168. The fourth-order valence-electron chi connectivity index (χ4n) is 2.48. The van der Waals surface area contributed by atoms with Crippen molar-refractivity contribution in [3.05, 3.63) is 42.4 Å². The number of hydrogen-bond acceptors (Lipinski definition) is 5. The number of benzene rings is 1. The van der Waals surface area contributed by atoms with Crippen molar-refractivity contribution < 1.29 is 22.3 Å². The lowest BCUT2D eigenvalue weighted by atomic mass is 10.1. The fourth-order valence-corrected chi connectivity index (χ4v) is 2.48. The number of alkyl halides is 4. The summed E-state index contributed by atoms with van der Waals surface area (Å²) in [7, 11) is 0. The third kappa shape index (κ3) is 3.33. The fraction of sp³-hybridized carbons (Fsp3) is 0.250. The highest BCUT2D eigenvalue weighted by atomic mass is 19.3. The van der Waals surface area contributed by atoms with E-state index in [2.05, 4.69) is 25.3 Å². The summed E-state index contributed by atoms with van der Waals surface area (Å²) in [6, 6.07) is 6.65. The second-order valence-corrected chi connectivity index (χ2v) is 5.83. The number of halogens is 4. The number of fused-ring (bicyclic) bond motifs is 3. The first-order chi connectivity index (χ1) is 12.9. The van der Waals surface area contributed by atoms with Crippen molar-refractivity contribution in [3.8, 4) is 11.4 Å². The van der Waals surface area contributed by atoms with Crippen LogP contribution in [0.15, 0.2) is 36.8 Å². The largest absolute Gasteiger partial charge is 0.370 e. The molecule has 0 amide bonds. The van der Waals surface area contributed by atoms with E-state index < -0.39 is 19.0 Å². The van der Waals surface area contributed by atoms with E-state index in [1.807, 2.05) is 0 Å². The van der Waals surface area contributed by atoms with E-state index in [0.29, 0.717) is 28.2 Å². The Balaban J connectivity index is 1.50. The number of rotatable bonds is 6. The maximum Gasteiger partial charge on any atom is 0.330 e. The highest BCUT2D eigenvalue weighted by Crippen LogP contribution is 2.24. The SMILES string of the molecule is FC(F)C(F)(F)COCc1ccc(-c2nc3c4cn[nH]c4ncn3n2)cc1. The number of nitrogens with one attached hydrogen (secondary N) is 1. The Morgan fingerprint density at radius 1 is 1.19 bits per heavy atom. The predicted octanol–water partition coefficient (Wildman–Crippen LogP) is 3.08. The highest BCUT2D eigenvalue weighted by Gasteiger charge is 2.40. The van der Waals surface area contributed by atoms with Gasteiger partial charge in [-0.25, -0.2) is 23.3 Å². The Hall–Kier alpha value is -3.08. The maximum absolute atomic E-state index is 12.8. The van der Waals surface area contributed by atoms with Crippen molar-refractivity contribution in [1.82, 2.24) is 29.8 Å². The molecule has 0 atom stereocenters. The number of hydrogen-bond donors (Lipinski definition) is 1. The summed E-state index contributed by atoms with van der Waals surface area (Å²) < 4.78 is 56.0. The first-order valence-electron chi connectivity index (χ1n) is 7.81. The molecule has 0 spiro atoms. The maximum atomic E-state index is 12.8. The number of H-pyrrole nitrogens is 1. The van der Waals surface area contributed by atoms with E-state index in [1.165, 1.54) is 10.8 Å². The van der Waals surface area contributed by atoms with Gasteiger partial charge in [0.2, 0.25) is 0 Å². The number of ether oxygens (including phenoxy) is 1. The van der Waals surface area contributed by atoms with Crippen molar-refractivity contribution in [2.45, 2.75) is 19.0 Å². The Morgan fingerprint density at radius 3 is 2.70 bits per heavy atom. The zero-order valence-electron chi connectivity index (χ0n) is 13.6. The summed E-state index contributed by atoms with van der Waals surface area (Å²) in [5.74, 6) is -3.71. The van der Waals surface area contributed by atoms with Gasteiger partial charge in [0, 0.05) is 5.56 Å². The molecule has 0 saturated carbocycles. The van der Waals surface area contributed by atoms with Crippen LogP contribution in [0.4, 0.5) is 17.6 Å². The van der Waals surface area contributed by atoms with Gasteiger partial charge in [-0.3, -0.25) is 5.10 Å². The van der Waals surface area contributed by atoms with E-state index in [-0.39, 0.29) is 6.61 Å². The first-order valence-corrected chi connectivity index (χ1v) is 7.81. The van der Waals surface area contributed by atoms with Crippen LogP contribution < -0.4 is 0 Å². The molecule has 0 fully saturated rings. The van der Waals surface area contributed by atoms with E-state index in [9.17, 15) is 17.6 Å². The molecule has 3 aromatic heterocycles. The summed E-state index contributed by atoms with van der Waals surface area (Å²) in [6.07, 6.45) is -0.638. The van der Waals surface area contributed by atoms with Gasteiger partial charge in [-0.1, -0.05) is 24.3 Å². The molecule has 0 aliphatic heterocycles. The number of aromatic amines is 1. The van der Waals surface area contributed by atoms with Crippen molar-refractivity contribution in [2.75, 3.05) is 6.61 Å². The zero-order valence-corrected chi connectivity index (χ0v) is 13.6. The number of aromatic nitrogens is 6. The molecule has 27 heavy (non-hydrogen) atoms. The molecule has 1 N–H and O–H groups in total. The minimum atomic E-state index is -4.16. The Kier molecular flexibility index (Phi) is 4.22. The van der Waals surface area contributed by atoms with Gasteiger partial charge in [0.15, 0.2) is 17.1 Å². The molecule has 7 nitrogen and oxygen atoms in total. The van der Waals surface area contributed by atoms with E-state index >= 15 is 0 Å². The van der Waals surface area contributed by atoms with Gasteiger partial charge in [0.05, 0.1) is 18.2 Å².